The first-order valence-corrected chi connectivity index (χ1v) is 11.0. The summed E-state index contributed by atoms with van der Waals surface area (Å²) >= 11 is 0. The van der Waals surface area contributed by atoms with Crippen LogP contribution in [0.5, 0.6) is 0 Å². The van der Waals surface area contributed by atoms with Gasteiger partial charge in [-0.3, -0.25) is 9.69 Å². The Balaban J connectivity index is 2.12. The summed E-state index contributed by atoms with van der Waals surface area (Å²) in [5.74, 6) is -1.86. The lowest BCUT2D eigenvalue weighted by Crippen LogP contribution is -2.62. The minimum Gasteiger partial charge on any atom is -0.463 e. The normalized spacial score (nSPS) is 20.8. The Morgan fingerprint density at radius 1 is 1.27 bits per heavy atom. The van der Waals surface area contributed by atoms with Crippen LogP contribution in [-0.4, -0.2) is 71.7 Å². The van der Waals surface area contributed by atoms with Gasteiger partial charge in [-0.25, -0.2) is 13.6 Å². The SMILES string of the molecule is CCCC(=O)OC[C@H]1CN(C(=O)OC(C)(C)C)C([C@@H](O)[C@@H](N)Cc2cc(F)cc(F)c2)CO1. The first kappa shape index (κ1) is 26.9. The maximum absolute atomic E-state index is 13.5. The second kappa shape index (κ2) is 11.7. The summed E-state index contributed by atoms with van der Waals surface area (Å²) in [6.07, 6.45) is -1.65. The lowest BCUT2D eigenvalue weighted by Gasteiger charge is -2.43. The van der Waals surface area contributed by atoms with Crippen LogP contribution in [0.15, 0.2) is 18.2 Å². The van der Waals surface area contributed by atoms with Crippen LogP contribution in [0.4, 0.5) is 13.6 Å². The van der Waals surface area contributed by atoms with E-state index in [9.17, 15) is 23.5 Å². The number of amides is 1. The number of ether oxygens (including phenoxy) is 3. The number of aliphatic hydroxyl groups excluding tert-OH is 1. The van der Waals surface area contributed by atoms with Crippen molar-refractivity contribution in [3.63, 3.8) is 0 Å². The molecule has 0 radical (unpaired) electrons. The molecule has 0 bridgehead atoms. The zero-order chi connectivity index (χ0) is 24.8. The van der Waals surface area contributed by atoms with E-state index in [0.29, 0.717) is 6.42 Å². The van der Waals surface area contributed by atoms with Gasteiger partial charge in [-0.05, 0) is 51.3 Å². The highest BCUT2D eigenvalue weighted by atomic mass is 19.1. The Hall–Kier alpha value is -2.30. The number of nitrogens with zero attached hydrogens (tertiary/aromatic N) is 1. The molecule has 0 aromatic heterocycles. The molecule has 186 valence electrons. The second-order valence-electron chi connectivity index (χ2n) is 9.22. The van der Waals surface area contributed by atoms with Crippen LogP contribution < -0.4 is 5.73 Å². The molecule has 4 atom stereocenters. The molecule has 1 aromatic rings. The highest BCUT2D eigenvalue weighted by molar-refractivity contribution is 5.69. The number of esters is 1. The summed E-state index contributed by atoms with van der Waals surface area (Å²) in [5, 5.41) is 10.9. The second-order valence-corrected chi connectivity index (χ2v) is 9.22. The number of carbonyl (C=O) groups excluding carboxylic acids is 2. The van der Waals surface area contributed by atoms with Crippen molar-refractivity contribution in [3.8, 4) is 0 Å². The van der Waals surface area contributed by atoms with Crippen molar-refractivity contribution in [3.05, 3.63) is 35.4 Å². The number of carbonyl (C=O) groups is 2. The van der Waals surface area contributed by atoms with E-state index in [-0.39, 0.29) is 44.1 Å². The van der Waals surface area contributed by atoms with Crippen molar-refractivity contribution >= 4 is 12.1 Å². The minimum absolute atomic E-state index is 0.0113. The molecule has 1 saturated heterocycles. The zero-order valence-electron chi connectivity index (χ0n) is 19.6. The average Bonchev–Trinajstić information content (AvgIpc) is 2.69. The molecule has 33 heavy (non-hydrogen) atoms. The predicted octanol–water partition coefficient (Wildman–Crippen LogP) is 2.54. The van der Waals surface area contributed by atoms with Crippen LogP contribution in [-0.2, 0) is 25.4 Å². The standard InChI is InChI=1S/C23H34F2N2O6/c1-5-6-20(28)32-12-17-11-27(22(30)33-23(2,3)4)19(13-31-17)21(29)18(26)9-14-7-15(24)10-16(25)8-14/h7-8,10,17-19,21,29H,5-6,9,11-13,26H2,1-4H3/t17-,18+,19?,21+/m1/s1. The summed E-state index contributed by atoms with van der Waals surface area (Å²) in [6.45, 7) is 6.88. The lowest BCUT2D eigenvalue weighted by molar-refractivity contribution is -0.155. The van der Waals surface area contributed by atoms with Gasteiger partial charge in [-0.15, -0.1) is 0 Å². The van der Waals surface area contributed by atoms with Gasteiger partial charge in [0.2, 0.25) is 0 Å². The van der Waals surface area contributed by atoms with Crippen LogP contribution in [0, 0.1) is 11.6 Å². The number of halogens is 2. The van der Waals surface area contributed by atoms with E-state index >= 15 is 0 Å². The van der Waals surface area contributed by atoms with Gasteiger partial charge in [0.05, 0.1) is 25.3 Å². The van der Waals surface area contributed by atoms with Gasteiger partial charge in [-0.2, -0.15) is 0 Å². The van der Waals surface area contributed by atoms with Crippen molar-refractivity contribution < 1.29 is 37.7 Å². The van der Waals surface area contributed by atoms with E-state index in [1.165, 1.54) is 4.90 Å². The first-order chi connectivity index (χ1) is 15.4. The zero-order valence-corrected chi connectivity index (χ0v) is 19.6. The smallest absolute Gasteiger partial charge is 0.410 e. The van der Waals surface area contributed by atoms with E-state index in [1.807, 2.05) is 6.92 Å². The van der Waals surface area contributed by atoms with Crippen molar-refractivity contribution in [1.82, 2.24) is 4.90 Å². The van der Waals surface area contributed by atoms with Gasteiger partial charge in [0, 0.05) is 18.5 Å². The third-order valence-electron chi connectivity index (χ3n) is 5.04. The van der Waals surface area contributed by atoms with Crippen LogP contribution >= 0.6 is 0 Å². The van der Waals surface area contributed by atoms with Gasteiger partial charge in [-0.1, -0.05) is 6.92 Å². The molecule has 8 nitrogen and oxygen atoms in total. The summed E-state index contributed by atoms with van der Waals surface area (Å²) in [6, 6.07) is 1.22. The van der Waals surface area contributed by atoms with Crippen LogP contribution in [0.25, 0.3) is 0 Å². The number of aliphatic hydroxyl groups is 1. The number of nitrogens with two attached hydrogens (primary N) is 1. The van der Waals surface area contributed by atoms with Gasteiger partial charge >= 0.3 is 12.1 Å². The molecule has 2 rings (SSSR count). The molecule has 1 aliphatic rings. The molecule has 1 fully saturated rings. The Morgan fingerprint density at radius 3 is 2.48 bits per heavy atom. The van der Waals surface area contributed by atoms with Gasteiger partial charge in [0.15, 0.2) is 0 Å². The summed E-state index contributed by atoms with van der Waals surface area (Å²) in [5.41, 5.74) is 5.63. The van der Waals surface area contributed by atoms with Gasteiger partial charge in [0.1, 0.15) is 29.9 Å². The molecule has 1 heterocycles. The molecule has 1 aromatic carbocycles. The third kappa shape index (κ3) is 8.53. The molecule has 0 spiro atoms. The molecule has 0 saturated carbocycles. The van der Waals surface area contributed by atoms with Crippen molar-refractivity contribution in [2.75, 3.05) is 19.8 Å². The highest BCUT2D eigenvalue weighted by Crippen LogP contribution is 2.22. The predicted molar refractivity (Wildman–Crippen MR) is 116 cm³/mol. The fourth-order valence-corrected chi connectivity index (χ4v) is 3.52. The number of morpholine rings is 1. The molecule has 10 heteroatoms. The number of hydrogen-bond donors (Lipinski definition) is 2. The molecule has 0 aliphatic carbocycles. The van der Waals surface area contributed by atoms with E-state index in [4.69, 9.17) is 19.9 Å². The summed E-state index contributed by atoms with van der Waals surface area (Å²) < 4.78 is 43.4. The number of benzene rings is 1. The highest BCUT2D eigenvalue weighted by Gasteiger charge is 2.41. The number of hydrogen-bond acceptors (Lipinski definition) is 7. The lowest BCUT2D eigenvalue weighted by atomic mass is 9.95. The third-order valence-corrected chi connectivity index (χ3v) is 5.04. The average molecular weight is 473 g/mol. The van der Waals surface area contributed by atoms with E-state index in [1.54, 1.807) is 20.8 Å². The Morgan fingerprint density at radius 2 is 1.91 bits per heavy atom. The Bertz CT molecular complexity index is 796. The van der Waals surface area contributed by atoms with Gasteiger partial charge < -0.3 is 25.1 Å². The van der Waals surface area contributed by atoms with Crippen LogP contribution in [0.1, 0.15) is 46.1 Å². The maximum atomic E-state index is 13.5. The minimum atomic E-state index is -1.27. The fraction of sp³-hybridized carbons (Fsp3) is 0.652. The summed E-state index contributed by atoms with van der Waals surface area (Å²) in [7, 11) is 0. The van der Waals surface area contributed by atoms with Crippen LogP contribution in [0.2, 0.25) is 0 Å². The van der Waals surface area contributed by atoms with Crippen molar-refractivity contribution in [1.29, 1.82) is 0 Å². The Labute approximate surface area is 193 Å². The first-order valence-electron chi connectivity index (χ1n) is 11.0. The number of rotatable bonds is 8. The van der Waals surface area contributed by atoms with Crippen LogP contribution in [0.3, 0.4) is 0 Å². The van der Waals surface area contributed by atoms with Gasteiger partial charge in [0.25, 0.3) is 0 Å². The van der Waals surface area contributed by atoms with E-state index in [2.05, 4.69) is 0 Å². The quantitative estimate of drug-likeness (QED) is 0.560. The van der Waals surface area contributed by atoms with E-state index < -0.39 is 47.6 Å². The fourth-order valence-electron chi connectivity index (χ4n) is 3.52. The topological polar surface area (TPSA) is 111 Å². The molecular formula is C23H34F2N2O6. The molecule has 1 amide bonds. The van der Waals surface area contributed by atoms with Crippen molar-refractivity contribution in [2.24, 2.45) is 5.73 Å². The largest absolute Gasteiger partial charge is 0.463 e. The molecular weight excluding hydrogens is 438 g/mol. The molecule has 1 unspecified atom stereocenters. The Kier molecular flexibility index (Phi) is 9.57. The summed E-state index contributed by atoms with van der Waals surface area (Å²) in [4.78, 5) is 25.9. The van der Waals surface area contributed by atoms with E-state index in [0.717, 1.165) is 18.2 Å². The molecule has 3 N–H and O–H groups in total. The maximum Gasteiger partial charge on any atom is 0.410 e. The molecule has 1 aliphatic heterocycles. The monoisotopic (exact) mass is 472 g/mol. The van der Waals surface area contributed by atoms with Crippen molar-refractivity contribution in [2.45, 2.75) is 76.9 Å².